The standard InChI is InChI=1S/C4H3S.CN.CH3.Cu.2Li/c1-2-4-5-3-1;1-2;;;;/h1-3H;;1H3;;;/q3*-1;3*+1/i;;1-1;;;. The van der Waals surface area contributed by atoms with Gasteiger partial charge in [-0.05, 0) is 0 Å². The van der Waals surface area contributed by atoms with Crippen LogP contribution in [0.4, 0.5) is 0 Å². The van der Waals surface area contributed by atoms with Crippen LogP contribution in [-0.2, 0) is 17.1 Å². The second-order valence-electron chi connectivity index (χ2n) is 0.731. The van der Waals surface area contributed by atoms with Crippen LogP contribution in [0.5, 0.6) is 0 Å². The van der Waals surface area contributed by atoms with Crippen LogP contribution in [0.15, 0.2) is 17.5 Å². The van der Waals surface area contributed by atoms with Gasteiger partial charge in [0.05, 0.1) is 0 Å². The molecule has 0 spiro atoms. The molecule has 0 aliphatic rings. The van der Waals surface area contributed by atoms with Crippen molar-refractivity contribution >= 4 is 11.3 Å². The minimum Gasteiger partial charge on any atom is -0.512 e. The van der Waals surface area contributed by atoms with Gasteiger partial charge in [-0.25, -0.2) is 6.07 Å². The average Bonchev–Trinajstić information content (AvgIpc) is 2.23. The molecule has 0 unspecified atom stereocenters. The molecule has 1 aromatic heterocycles. The van der Waals surface area contributed by atoms with Gasteiger partial charge in [0.25, 0.3) is 0 Å². The fraction of sp³-hybridized carbons (Fsp3) is 0. The molecule has 1 heterocycles. The van der Waals surface area contributed by atoms with E-state index in [1.54, 1.807) is 11.3 Å². The van der Waals surface area contributed by atoms with Crippen LogP contribution in [0.25, 0.3) is 0 Å². The quantitative estimate of drug-likeness (QED) is 0.310. The third-order valence-electron chi connectivity index (χ3n) is 0.379. The van der Waals surface area contributed by atoms with Crippen LogP contribution >= 0.6 is 11.3 Å². The van der Waals surface area contributed by atoms with Crippen LogP contribution in [0.2, 0.25) is 0 Å². The first kappa shape index (κ1) is 29.7. The first-order valence-corrected chi connectivity index (χ1v) is 2.50. The summed E-state index contributed by atoms with van der Waals surface area (Å²) >= 11 is 1.59. The van der Waals surface area contributed by atoms with E-state index in [9.17, 15) is 0 Å². The molecule has 0 amide bonds. The Kier molecular flexibility index (Phi) is 82.8. The van der Waals surface area contributed by atoms with Gasteiger partial charge in [0.2, 0.25) is 0 Å². The zero-order chi connectivity index (χ0) is 5.54. The van der Waals surface area contributed by atoms with E-state index in [2.05, 4.69) is 5.38 Å². The smallest absolute Gasteiger partial charge is 0.512 e. The molecule has 0 saturated heterocycles. The van der Waals surface area contributed by atoms with Crippen LogP contribution in [0, 0.1) is 24.6 Å². The van der Waals surface area contributed by atoms with Crippen molar-refractivity contribution in [2.45, 2.75) is 0 Å². The van der Waals surface area contributed by atoms with Crippen molar-refractivity contribution in [2.24, 2.45) is 0 Å². The molecule has 0 fully saturated rings. The summed E-state index contributed by atoms with van der Waals surface area (Å²) in [5.74, 6) is 0. The molecule has 0 aromatic carbocycles. The molecule has 5 heteroatoms. The molecule has 0 saturated carbocycles. The van der Waals surface area contributed by atoms with E-state index in [1.807, 2.05) is 17.5 Å². The van der Waals surface area contributed by atoms with Crippen molar-refractivity contribution in [3.63, 3.8) is 0 Å². The SMILES string of the molecule is [11CH3-].[C-]#N.[Cu+].[Li+].[Li+].[c-]1cccs1. The average molecular weight is 201 g/mol. The molecule has 0 radical (unpaired) electrons. The van der Waals surface area contributed by atoms with E-state index < -0.39 is 0 Å². The van der Waals surface area contributed by atoms with Crippen molar-refractivity contribution in [2.75, 3.05) is 0 Å². The molecular weight excluding hydrogens is 195 g/mol. The van der Waals surface area contributed by atoms with Gasteiger partial charge < -0.3 is 30.6 Å². The van der Waals surface area contributed by atoms with Crippen molar-refractivity contribution in [3.05, 3.63) is 36.9 Å². The number of hydrogen-bond donors (Lipinski definition) is 0. The molecule has 0 aliphatic carbocycles. The van der Waals surface area contributed by atoms with Crippen molar-refractivity contribution in [3.8, 4) is 0 Å². The molecule has 1 aromatic rings. The zero-order valence-corrected chi connectivity index (χ0v) is 8.65. The molecule has 0 aliphatic heterocycles. The minimum absolute atomic E-state index is 0. The van der Waals surface area contributed by atoms with Gasteiger partial charge in [0, 0.05) is 0 Å². The maximum absolute atomic E-state index is 6.25. The van der Waals surface area contributed by atoms with Crippen molar-refractivity contribution in [1.82, 2.24) is 0 Å². The second-order valence-corrected chi connectivity index (χ2v) is 1.47. The Bertz CT molecular complexity index is 104. The number of nitrogens with zero attached hydrogens (tertiary/aromatic N) is 1. The van der Waals surface area contributed by atoms with E-state index in [-0.39, 0.29) is 62.2 Å². The molecule has 11 heavy (non-hydrogen) atoms. The number of thiophene rings is 1. The maximum Gasteiger partial charge on any atom is 1.00 e. The first-order chi connectivity index (χ1) is 3.50. The predicted molar refractivity (Wildman–Crippen MR) is 34.5 cm³/mol. The summed E-state index contributed by atoms with van der Waals surface area (Å²) in [7, 11) is 0. The van der Waals surface area contributed by atoms with E-state index >= 15 is 0 Å². The predicted octanol–water partition coefficient (Wildman–Crippen LogP) is -3.90. The Labute approximate surface area is 107 Å². The van der Waals surface area contributed by atoms with Crippen LogP contribution < -0.4 is 37.7 Å². The topological polar surface area (TPSA) is 23.8 Å². The van der Waals surface area contributed by atoms with Gasteiger partial charge in [-0.3, -0.25) is 0 Å². The summed E-state index contributed by atoms with van der Waals surface area (Å²) in [6.45, 7) is 4.75. The van der Waals surface area contributed by atoms with Crippen molar-refractivity contribution < 1.29 is 54.8 Å². The zero-order valence-electron chi connectivity index (χ0n) is 6.89. The van der Waals surface area contributed by atoms with Gasteiger partial charge in [0.1, 0.15) is 0 Å². The monoisotopic (exact) mass is 200 g/mol. The maximum atomic E-state index is 6.25. The Morgan fingerprint density at radius 2 is 1.73 bits per heavy atom. The fourth-order valence-electron chi connectivity index (χ4n) is 0.196. The molecule has 1 nitrogen and oxygen atoms in total. The van der Waals surface area contributed by atoms with E-state index in [1.165, 1.54) is 0 Å². The number of rotatable bonds is 0. The summed E-state index contributed by atoms with van der Waals surface area (Å²) in [5, 5.41) is 11.1. The first-order valence-electron chi connectivity index (χ1n) is 1.62. The Balaban J connectivity index is -0.0000000189. The Hall–Kier alpha value is 0.904. The summed E-state index contributed by atoms with van der Waals surface area (Å²) in [6, 6.07) is 3.86. The summed E-state index contributed by atoms with van der Waals surface area (Å²) in [4.78, 5) is 0. The van der Waals surface area contributed by atoms with Crippen molar-refractivity contribution in [1.29, 1.82) is 5.26 Å². The molecule has 0 atom stereocenters. The van der Waals surface area contributed by atoms with Crippen LogP contribution in [0.1, 0.15) is 0 Å². The Morgan fingerprint density at radius 1 is 1.27 bits per heavy atom. The third kappa shape index (κ3) is 24.8. The molecular formula is C6H6CuLi2NS. The van der Waals surface area contributed by atoms with Crippen LogP contribution in [-0.4, -0.2) is 0 Å². The molecule has 0 bridgehead atoms. The largest absolute Gasteiger partial charge is 1.00 e. The summed E-state index contributed by atoms with van der Waals surface area (Å²) in [6.07, 6.45) is 0. The molecule has 0 N–H and O–H groups in total. The minimum atomic E-state index is 0. The van der Waals surface area contributed by atoms with Gasteiger partial charge in [0.15, 0.2) is 0 Å². The Morgan fingerprint density at radius 3 is 1.82 bits per heavy atom. The van der Waals surface area contributed by atoms with Gasteiger partial charge in [-0.1, -0.05) is 0 Å². The van der Waals surface area contributed by atoms with E-state index in [0.29, 0.717) is 0 Å². The second kappa shape index (κ2) is 30.7. The van der Waals surface area contributed by atoms with E-state index in [4.69, 9.17) is 11.8 Å². The molecule has 54 valence electrons. The molecule has 1 rings (SSSR count). The normalized spacial score (nSPS) is 3.82. The van der Waals surface area contributed by atoms with Gasteiger partial charge in [-0.15, -0.1) is 5.38 Å². The van der Waals surface area contributed by atoms with Gasteiger partial charge >= 0.3 is 54.8 Å². The number of hydrogen-bond acceptors (Lipinski definition) is 2. The van der Waals surface area contributed by atoms with E-state index in [0.717, 1.165) is 0 Å². The van der Waals surface area contributed by atoms with Crippen LogP contribution in [0.3, 0.4) is 0 Å². The fourth-order valence-corrected chi connectivity index (χ4v) is 0.589. The summed E-state index contributed by atoms with van der Waals surface area (Å²) < 4.78 is 0. The van der Waals surface area contributed by atoms with Gasteiger partial charge in [-0.2, -0.15) is 11.4 Å². The summed E-state index contributed by atoms with van der Waals surface area (Å²) in [5.41, 5.74) is 0. The third-order valence-corrected chi connectivity index (χ3v) is 0.944.